The lowest BCUT2D eigenvalue weighted by Crippen LogP contribution is -2.35. The molecule has 0 spiro atoms. The Balaban J connectivity index is 1.78. The van der Waals surface area contributed by atoms with Gasteiger partial charge >= 0.3 is 6.09 Å². The van der Waals surface area contributed by atoms with Crippen LogP contribution in [-0.4, -0.2) is 44.2 Å². The van der Waals surface area contributed by atoms with E-state index in [1.54, 1.807) is 4.90 Å². The third kappa shape index (κ3) is 3.30. The average Bonchev–Trinajstić information content (AvgIpc) is 3.11. The summed E-state index contributed by atoms with van der Waals surface area (Å²) in [5, 5.41) is 0. The molecule has 23 heavy (non-hydrogen) atoms. The summed E-state index contributed by atoms with van der Waals surface area (Å²) in [5.74, 6) is 0. The number of rotatable bonds is 2. The molecule has 2 aromatic rings. The largest absolute Gasteiger partial charge is 0.444 e. The second kappa shape index (κ2) is 5.83. The molecule has 0 unspecified atom stereocenters. The van der Waals surface area contributed by atoms with Crippen molar-refractivity contribution in [1.29, 1.82) is 0 Å². The van der Waals surface area contributed by atoms with Crippen LogP contribution in [0.25, 0.3) is 11.0 Å². The second-order valence-electron chi connectivity index (χ2n) is 7.04. The molecule has 1 atom stereocenters. The van der Waals surface area contributed by atoms with E-state index < -0.39 is 5.60 Å². The lowest BCUT2D eigenvalue weighted by Gasteiger charge is -2.24. The second-order valence-corrected chi connectivity index (χ2v) is 7.04. The van der Waals surface area contributed by atoms with Gasteiger partial charge in [-0.1, -0.05) is 6.92 Å². The Morgan fingerprint density at radius 2 is 2.17 bits per heavy atom. The van der Waals surface area contributed by atoms with Crippen molar-refractivity contribution in [2.24, 2.45) is 0 Å². The maximum Gasteiger partial charge on any atom is 0.410 e. The molecule has 6 nitrogen and oxygen atoms in total. The Kier molecular flexibility index (Phi) is 4.00. The van der Waals surface area contributed by atoms with E-state index in [1.807, 2.05) is 33.3 Å². The van der Waals surface area contributed by atoms with Crippen LogP contribution in [0.15, 0.2) is 18.6 Å². The molecular weight excluding hydrogens is 292 g/mol. The Morgan fingerprint density at radius 1 is 1.39 bits per heavy atom. The van der Waals surface area contributed by atoms with Crippen molar-refractivity contribution in [3.8, 4) is 0 Å². The summed E-state index contributed by atoms with van der Waals surface area (Å²) < 4.78 is 7.63. The fraction of sp³-hybridized carbons (Fsp3) is 0.588. The van der Waals surface area contributed by atoms with E-state index in [0.29, 0.717) is 13.1 Å². The molecule has 1 saturated heterocycles. The first kappa shape index (κ1) is 15.8. The standard InChI is InChI=1S/C17H24N4O2/c1-5-12-8-15-14(9-18-12)19-11-21(15)13-6-7-20(10-13)16(22)23-17(2,3)4/h8-9,11,13H,5-7,10H2,1-4H3/t13-/m1/s1. The van der Waals surface area contributed by atoms with Crippen LogP contribution in [0.1, 0.15) is 45.9 Å². The van der Waals surface area contributed by atoms with Gasteiger partial charge in [0, 0.05) is 18.8 Å². The topological polar surface area (TPSA) is 60.2 Å². The van der Waals surface area contributed by atoms with Crippen LogP contribution in [0, 0.1) is 0 Å². The molecule has 1 aliphatic rings. The lowest BCUT2D eigenvalue weighted by molar-refractivity contribution is 0.0289. The predicted octanol–water partition coefficient (Wildman–Crippen LogP) is 3.18. The SMILES string of the molecule is CCc1cc2c(cn1)ncn2[C@@H]1CCN(C(=O)OC(C)(C)C)C1. The zero-order valence-corrected chi connectivity index (χ0v) is 14.2. The molecule has 1 aliphatic heterocycles. The first-order valence-electron chi connectivity index (χ1n) is 8.17. The van der Waals surface area contributed by atoms with E-state index in [-0.39, 0.29) is 12.1 Å². The van der Waals surface area contributed by atoms with Gasteiger partial charge in [0.25, 0.3) is 0 Å². The van der Waals surface area contributed by atoms with Crippen LogP contribution in [-0.2, 0) is 11.2 Å². The highest BCUT2D eigenvalue weighted by molar-refractivity contribution is 5.75. The number of carbonyl (C=O) groups is 1. The van der Waals surface area contributed by atoms with Crippen molar-refractivity contribution in [3.05, 3.63) is 24.3 Å². The third-order valence-corrected chi connectivity index (χ3v) is 4.09. The monoisotopic (exact) mass is 316 g/mol. The average molecular weight is 316 g/mol. The first-order valence-corrected chi connectivity index (χ1v) is 8.17. The van der Waals surface area contributed by atoms with Crippen molar-refractivity contribution in [3.63, 3.8) is 0 Å². The van der Waals surface area contributed by atoms with Crippen LogP contribution in [0.4, 0.5) is 4.79 Å². The zero-order chi connectivity index (χ0) is 16.6. The van der Waals surface area contributed by atoms with Crippen molar-refractivity contribution >= 4 is 17.1 Å². The number of carbonyl (C=O) groups excluding carboxylic acids is 1. The minimum Gasteiger partial charge on any atom is -0.444 e. The molecule has 0 N–H and O–H groups in total. The summed E-state index contributed by atoms with van der Waals surface area (Å²) in [6.45, 7) is 9.13. The number of pyridine rings is 1. The molecule has 124 valence electrons. The quantitative estimate of drug-likeness (QED) is 0.854. The fourth-order valence-corrected chi connectivity index (χ4v) is 2.92. The highest BCUT2D eigenvalue weighted by atomic mass is 16.6. The van der Waals surface area contributed by atoms with Crippen LogP contribution < -0.4 is 0 Å². The lowest BCUT2D eigenvalue weighted by atomic mass is 10.2. The molecule has 3 heterocycles. The normalized spacial score (nSPS) is 18.6. The van der Waals surface area contributed by atoms with Gasteiger partial charge in [0.1, 0.15) is 11.1 Å². The van der Waals surface area contributed by atoms with Gasteiger partial charge in [0.2, 0.25) is 0 Å². The Bertz CT molecular complexity index is 717. The van der Waals surface area contributed by atoms with Gasteiger partial charge in [-0.2, -0.15) is 0 Å². The fourth-order valence-electron chi connectivity index (χ4n) is 2.92. The Morgan fingerprint density at radius 3 is 2.87 bits per heavy atom. The molecule has 0 aliphatic carbocycles. The number of likely N-dealkylation sites (tertiary alicyclic amines) is 1. The molecule has 3 rings (SSSR count). The number of aryl methyl sites for hydroxylation is 1. The summed E-state index contributed by atoms with van der Waals surface area (Å²) in [6.07, 6.45) is 5.25. The van der Waals surface area contributed by atoms with Gasteiger partial charge in [-0.3, -0.25) is 4.98 Å². The molecular formula is C17H24N4O2. The smallest absolute Gasteiger partial charge is 0.410 e. The number of hydrogen-bond acceptors (Lipinski definition) is 4. The van der Waals surface area contributed by atoms with Crippen LogP contribution in [0.3, 0.4) is 0 Å². The summed E-state index contributed by atoms with van der Waals surface area (Å²) in [7, 11) is 0. The maximum atomic E-state index is 12.2. The molecule has 0 radical (unpaired) electrons. The zero-order valence-electron chi connectivity index (χ0n) is 14.2. The molecule has 1 fully saturated rings. The van der Waals surface area contributed by atoms with Crippen molar-refractivity contribution in [1.82, 2.24) is 19.4 Å². The molecule has 0 aromatic carbocycles. The molecule has 1 amide bonds. The van der Waals surface area contributed by atoms with Gasteiger partial charge in [-0.05, 0) is 39.7 Å². The van der Waals surface area contributed by atoms with Gasteiger partial charge < -0.3 is 14.2 Å². The van der Waals surface area contributed by atoms with E-state index in [0.717, 1.165) is 29.6 Å². The Labute approximate surface area is 136 Å². The number of ether oxygens (including phenoxy) is 1. The van der Waals surface area contributed by atoms with Gasteiger partial charge in [0.15, 0.2) is 0 Å². The molecule has 2 aromatic heterocycles. The van der Waals surface area contributed by atoms with E-state index in [9.17, 15) is 4.79 Å². The van der Waals surface area contributed by atoms with E-state index in [2.05, 4.69) is 27.5 Å². The minimum atomic E-state index is -0.460. The third-order valence-electron chi connectivity index (χ3n) is 4.09. The summed E-state index contributed by atoms with van der Waals surface area (Å²) in [5.41, 5.74) is 2.59. The molecule has 0 bridgehead atoms. The predicted molar refractivity (Wildman–Crippen MR) is 88.4 cm³/mol. The van der Waals surface area contributed by atoms with Crippen molar-refractivity contribution in [2.45, 2.75) is 52.2 Å². The number of fused-ring (bicyclic) bond motifs is 1. The number of aromatic nitrogens is 3. The summed E-state index contributed by atoms with van der Waals surface area (Å²) >= 11 is 0. The Hall–Kier alpha value is -2.11. The van der Waals surface area contributed by atoms with Crippen LogP contribution in [0.2, 0.25) is 0 Å². The highest BCUT2D eigenvalue weighted by Crippen LogP contribution is 2.27. The van der Waals surface area contributed by atoms with Gasteiger partial charge in [-0.15, -0.1) is 0 Å². The van der Waals surface area contributed by atoms with Crippen molar-refractivity contribution in [2.75, 3.05) is 13.1 Å². The first-order chi connectivity index (χ1) is 10.9. The molecule has 6 heteroatoms. The van der Waals surface area contributed by atoms with Gasteiger partial charge in [-0.25, -0.2) is 9.78 Å². The maximum absolute atomic E-state index is 12.2. The number of imidazole rings is 1. The number of amides is 1. The number of nitrogens with zero attached hydrogens (tertiary/aromatic N) is 4. The van der Waals surface area contributed by atoms with Gasteiger partial charge in [0.05, 0.1) is 24.1 Å². The van der Waals surface area contributed by atoms with E-state index in [1.165, 1.54) is 0 Å². The number of hydrogen-bond donors (Lipinski definition) is 0. The molecule has 0 saturated carbocycles. The highest BCUT2D eigenvalue weighted by Gasteiger charge is 2.31. The minimum absolute atomic E-state index is 0.236. The summed E-state index contributed by atoms with van der Waals surface area (Å²) in [4.78, 5) is 22.8. The van der Waals surface area contributed by atoms with E-state index >= 15 is 0 Å². The van der Waals surface area contributed by atoms with Crippen LogP contribution in [0.5, 0.6) is 0 Å². The van der Waals surface area contributed by atoms with E-state index in [4.69, 9.17) is 4.74 Å². The van der Waals surface area contributed by atoms with Crippen molar-refractivity contribution < 1.29 is 9.53 Å². The summed E-state index contributed by atoms with van der Waals surface area (Å²) in [6, 6.07) is 2.33. The van der Waals surface area contributed by atoms with Crippen LogP contribution >= 0.6 is 0 Å².